The van der Waals surface area contributed by atoms with Gasteiger partial charge in [-0.1, -0.05) is 0 Å². The second-order valence-corrected chi connectivity index (χ2v) is 4.44. The van der Waals surface area contributed by atoms with Gasteiger partial charge in [-0.15, -0.1) is 0 Å². The van der Waals surface area contributed by atoms with Crippen molar-refractivity contribution in [3.63, 3.8) is 0 Å². The molecule has 0 bridgehead atoms. The molecule has 0 saturated carbocycles. The first-order valence-corrected chi connectivity index (χ1v) is 5.78. The molecule has 1 rings (SSSR count). The Labute approximate surface area is 113 Å². The molecule has 11 heteroatoms. The molecule has 0 aromatic carbocycles. The Hall–Kier alpha value is -0.710. The lowest BCUT2D eigenvalue weighted by molar-refractivity contribution is -0.444. The van der Waals surface area contributed by atoms with Crippen LogP contribution in [0.3, 0.4) is 0 Å². The van der Waals surface area contributed by atoms with Gasteiger partial charge in [-0.05, 0) is 19.3 Å². The summed E-state index contributed by atoms with van der Waals surface area (Å²) in [7, 11) is 0. The molecule has 1 aliphatic heterocycles. The second kappa shape index (κ2) is 5.82. The molecule has 0 spiro atoms. The van der Waals surface area contributed by atoms with Crippen molar-refractivity contribution in [2.75, 3.05) is 13.2 Å². The van der Waals surface area contributed by atoms with E-state index in [1.165, 1.54) is 0 Å². The topological polar surface area (TPSA) is 18.5 Å². The van der Waals surface area contributed by atoms with Crippen molar-refractivity contribution < 1.29 is 49.0 Å². The molecule has 1 saturated heterocycles. The van der Waals surface area contributed by atoms with E-state index in [9.17, 15) is 39.5 Å². The smallest absolute Gasteiger partial charge is 0.378 e. The van der Waals surface area contributed by atoms with E-state index in [4.69, 9.17) is 4.74 Å². The van der Waals surface area contributed by atoms with Crippen LogP contribution in [0.25, 0.3) is 0 Å². The summed E-state index contributed by atoms with van der Waals surface area (Å²) in [5.41, 5.74) is 0. The molecule has 0 aromatic rings. The van der Waals surface area contributed by atoms with Gasteiger partial charge < -0.3 is 9.47 Å². The van der Waals surface area contributed by atoms with Crippen LogP contribution in [0.1, 0.15) is 19.3 Å². The van der Waals surface area contributed by atoms with Crippen LogP contribution >= 0.6 is 0 Å². The third-order valence-corrected chi connectivity index (χ3v) is 2.86. The quantitative estimate of drug-likeness (QED) is 0.684. The summed E-state index contributed by atoms with van der Waals surface area (Å²) in [5, 5.41) is 0. The normalized spacial score (nSPS) is 21.9. The standard InChI is InChI=1S/C10H11F9O2/c11-7(12,9(15,16)17)8(13,14)10(18,19)21-5-3-6-2-1-4-20-6/h6H,1-5H2. The van der Waals surface area contributed by atoms with Crippen LogP contribution in [0.4, 0.5) is 39.5 Å². The Morgan fingerprint density at radius 3 is 1.90 bits per heavy atom. The van der Waals surface area contributed by atoms with Crippen LogP contribution in [-0.4, -0.2) is 43.4 Å². The van der Waals surface area contributed by atoms with Gasteiger partial charge in [-0.25, -0.2) is 0 Å². The van der Waals surface area contributed by atoms with Crippen LogP contribution in [0.15, 0.2) is 0 Å². The number of hydrogen-bond acceptors (Lipinski definition) is 2. The first-order valence-electron chi connectivity index (χ1n) is 5.78. The molecule has 0 radical (unpaired) electrons. The number of ether oxygens (including phenoxy) is 2. The molecule has 21 heavy (non-hydrogen) atoms. The van der Waals surface area contributed by atoms with E-state index in [-0.39, 0.29) is 6.42 Å². The Balaban J connectivity index is 2.69. The van der Waals surface area contributed by atoms with E-state index in [0.29, 0.717) is 19.4 Å². The molecule has 1 unspecified atom stereocenters. The third-order valence-electron chi connectivity index (χ3n) is 2.86. The van der Waals surface area contributed by atoms with E-state index in [0.717, 1.165) is 0 Å². The zero-order valence-electron chi connectivity index (χ0n) is 10.3. The van der Waals surface area contributed by atoms with Gasteiger partial charge in [0.05, 0.1) is 12.7 Å². The predicted octanol–water partition coefficient (Wildman–Crippen LogP) is 4.00. The third kappa shape index (κ3) is 3.55. The maximum atomic E-state index is 12.9. The molecule has 1 fully saturated rings. The summed E-state index contributed by atoms with van der Waals surface area (Å²) < 4.78 is 120. The van der Waals surface area contributed by atoms with Gasteiger partial charge in [-0.3, -0.25) is 0 Å². The summed E-state index contributed by atoms with van der Waals surface area (Å²) in [6.07, 6.45) is -12.7. The highest BCUT2D eigenvalue weighted by Gasteiger charge is 2.82. The Morgan fingerprint density at radius 1 is 0.905 bits per heavy atom. The van der Waals surface area contributed by atoms with Gasteiger partial charge in [0.15, 0.2) is 0 Å². The molecular formula is C10H11F9O2. The Kier molecular flexibility index (Phi) is 5.09. The minimum Gasteiger partial charge on any atom is -0.378 e. The maximum Gasteiger partial charge on any atom is 0.460 e. The molecule has 0 N–H and O–H groups in total. The number of halogens is 9. The molecule has 1 heterocycles. The molecule has 126 valence electrons. The fourth-order valence-corrected chi connectivity index (χ4v) is 1.64. The highest BCUT2D eigenvalue weighted by atomic mass is 19.4. The van der Waals surface area contributed by atoms with Gasteiger partial charge in [-0.2, -0.15) is 39.5 Å². The first kappa shape index (κ1) is 18.3. The zero-order valence-corrected chi connectivity index (χ0v) is 10.3. The van der Waals surface area contributed by atoms with Gasteiger partial charge in [0.1, 0.15) is 0 Å². The van der Waals surface area contributed by atoms with Gasteiger partial charge in [0.2, 0.25) is 0 Å². The van der Waals surface area contributed by atoms with Crippen LogP contribution < -0.4 is 0 Å². The van der Waals surface area contributed by atoms with Crippen LogP contribution in [0, 0.1) is 0 Å². The van der Waals surface area contributed by atoms with Crippen molar-refractivity contribution in [1.82, 2.24) is 0 Å². The van der Waals surface area contributed by atoms with Crippen molar-refractivity contribution in [2.24, 2.45) is 0 Å². The summed E-state index contributed by atoms with van der Waals surface area (Å²) in [4.78, 5) is 0. The van der Waals surface area contributed by atoms with E-state index >= 15 is 0 Å². The maximum absolute atomic E-state index is 12.9. The lowest BCUT2D eigenvalue weighted by atomic mass is 10.1. The van der Waals surface area contributed by atoms with Gasteiger partial charge >= 0.3 is 24.1 Å². The lowest BCUT2D eigenvalue weighted by Gasteiger charge is -2.33. The number of hydrogen-bond donors (Lipinski definition) is 0. The number of rotatable bonds is 6. The highest BCUT2D eigenvalue weighted by Crippen LogP contribution is 2.53. The molecule has 0 aromatic heterocycles. The lowest BCUT2D eigenvalue weighted by Crippen LogP contribution is -2.61. The first-order chi connectivity index (χ1) is 9.33. The average Bonchev–Trinajstić information content (AvgIpc) is 2.79. The molecule has 2 nitrogen and oxygen atoms in total. The molecular weight excluding hydrogens is 323 g/mol. The monoisotopic (exact) mass is 334 g/mol. The second-order valence-electron chi connectivity index (χ2n) is 4.44. The van der Waals surface area contributed by atoms with Crippen molar-refractivity contribution in [1.29, 1.82) is 0 Å². The van der Waals surface area contributed by atoms with Crippen LogP contribution in [-0.2, 0) is 9.47 Å². The van der Waals surface area contributed by atoms with E-state index in [1.54, 1.807) is 0 Å². The molecule has 0 aliphatic carbocycles. The molecule has 0 amide bonds. The average molecular weight is 334 g/mol. The minimum absolute atomic E-state index is 0.316. The zero-order chi connectivity index (χ0) is 16.5. The molecule has 1 atom stereocenters. The van der Waals surface area contributed by atoms with E-state index in [1.807, 2.05) is 0 Å². The predicted molar refractivity (Wildman–Crippen MR) is 50.4 cm³/mol. The largest absolute Gasteiger partial charge is 0.460 e. The van der Waals surface area contributed by atoms with Crippen molar-refractivity contribution >= 4 is 0 Å². The van der Waals surface area contributed by atoms with Gasteiger partial charge in [0, 0.05) is 6.61 Å². The SMILES string of the molecule is FC(F)(F)C(F)(F)C(F)(F)C(F)(F)OCCC1CCCO1. The summed E-state index contributed by atoms with van der Waals surface area (Å²) >= 11 is 0. The van der Waals surface area contributed by atoms with Crippen molar-refractivity contribution in [3.05, 3.63) is 0 Å². The summed E-state index contributed by atoms with van der Waals surface area (Å²) in [6, 6.07) is 0. The number of alkyl halides is 9. The van der Waals surface area contributed by atoms with Gasteiger partial charge in [0.25, 0.3) is 0 Å². The van der Waals surface area contributed by atoms with Crippen molar-refractivity contribution in [2.45, 2.75) is 49.5 Å². The van der Waals surface area contributed by atoms with E-state index in [2.05, 4.69) is 4.74 Å². The molecule has 1 aliphatic rings. The summed E-state index contributed by atoms with van der Waals surface area (Å²) in [6.45, 7) is -0.815. The van der Waals surface area contributed by atoms with Crippen LogP contribution in [0.5, 0.6) is 0 Å². The van der Waals surface area contributed by atoms with Crippen molar-refractivity contribution in [3.8, 4) is 0 Å². The summed E-state index contributed by atoms with van der Waals surface area (Å²) in [5.74, 6) is -13.7. The fourth-order valence-electron chi connectivity index (χ4n) is 1.64. The Morgan fingerprint density at radius 2 is 1.48 bits per heavy atom. The highest BCUT2D eigenvalue weighted by molar-refractivity contribution is 4.96. The van der Waals surface area contributed by atoms with Crippen LogP contribution in [0.2, 0.25) is 0 Å². The van der Waals surface area contributed by atoms with E-state index < -0.39 is 36.8 Å². The minimum atomic E-state index is -6.92. The Bertz CT molecular complexity index is 347. The fraction of sp³-hybridized carbons (Fsp3) is 1.00.